The Labute approximate surface area is 101 Å². The molecule has 0 unspecified atom stereocenters. The van der Waals surface area contributed by atoms with E-state index >= 15 is 0 Å². The molecule has 0 aliphatic rings. The number of hydrogen-bond donors (Lipinski definition) is 1. The largest absolute Gasteiger partial charge is 0.378 e. The molecule has 2 aromatic heterocycles. The number of hydrogen-bond acceptors (Lipinski definition) is 3. The maximum Gasteiger partial charge on any atom is 0.0729 e. The number of anilines is 1. The van der Waals surface area contributed by atoms with Gasteiger partial charge in [0.05, 0.1) is 18.1 Å². The van der Waals surface area contributed by atoms with Gasteiger partial charge in [-0.05, 0) is 13.8 Å². The highest BCUT2D eigenvalue weighted by Gasteiger charge is 2.02. The molecule has 0 saturated heterocycles. The van der Waals surface area contributed by atoms with Crippen LogP contribution in [-0.2, 0) is 6.54 Å². The molecule has 0 spiro atoms. The van der Waals surface area contributed by atoms with Crippen molar-refractivity contribution < 1.29 is 0 Å². The summed E-state index contributed by atoms with van der Waals surface area (Å²) in [6.07, 6.45) is 9.26. The van der Waals surface area contributed by atoms with Gasteiger partial charge in [0, 0.05) is 36.7 Å². The summed E-state index contributed by atoms with van der Waals surface area (Å²) < 4.78 is 3.62. The Kier molecular flexibility index (Phi) is 3.27. The molecule has 1 N–H and O–H groups in total. The quantitative estimate of drug-likeness (QED) is 0.859. The van der Waals surface area contributed by atoms with Gasteiger partial charge in [-0.25, -0.2) is 4.68 Å². The third-order valence-corrected chi connectivity index (χ3v) is 2.47. The maximum atomic E-state index is 4.27. The molecule has 0 radical (unpaired) electrons. The van der Waals surface area contributed by atoms with Gasteiger partial charge in [0.1, 0.15) is 0 Å². The molecule has 0 fully saturated rings. The van der Waals surface area contributed by atoms with Crippen molar-refractivity contribution in [1.82, 2.24) is 19.6 Å². The van der Waals surface area contributed by atoms with Crippen molar-refractivity contribution in [1.29, 1.82) is 0 Å². The van der Waals surface area contributed by atoms with Crippen molar-refractivity contribution in [2.45, 2.75) is 26.4 Å². The van der Waals surface area contributed by atoms with Crippen LogP contribution in [0.4, 0.5) is 5.69 Å². The van der Waals surface area contributed by atoms with E-state index in [1.165, 1.54) is 0 Å². The molecule has 0 amide bonds. The second-order valence-corrected chi connectivity index (χ2v) is 4.17. The molecule has 0 aliphatic carbocycles. The van der Waals surface area contributed by atoms with E-state index in [0.717, 1.165) is 17.8 Å². The first kappa shape index (κ1) is 11.4. The SMILES string of the molecule is C=Cn1cc(CNc2cnn(C(C)C)c2)cn1. The molecule has 90 valence electrons. The van der Waals surface area contributed by atoms with E-state index in [0.29, 0.717) is 6.04 Å². The lowest BCUT2D eigenvalue weighted by Crippen LogP contribution is -2.00. The zero-order valence-corrected chi connectivity index (χ0v) is 10.2. The lowest BCUT2D eigenvalue weighted by Gasteiger charge is -2.03. The molecule has 5 heteroatoms. The third kappa shape index (κ3) is 2.75. The van der Waals surface area contributed by atoms with E-state index < -0.39 is 0 Å². The van der Waals surface area contributed by atoms with Crippen molar-refractivity contribution in [2.24, 2.45) is 0 Å². The summed E-state index contributed by atoms with van der Waals surface area (Å²) in [5.74, 6) is 0. The Hall–Kier alpha value is -2.04. The number of nitrogens with zero attached hydrogens (tertiary/aromatic N) is 4. The minimum atomic E-state index is 0.383. The van der Waals surface area contributed by atoms with E-state index in [4.69, 9.17) is 0 Å². The molecular weight excluding hydrogens is 214 g/mol. The highest BCUT2D eigenvalue weighted by atomic mass is 15.3. The van der Waals surface area contributed by atoms with Gasteiger partial charge < -0.3 is 5.32 Å². The van der Waals surface area contributed by atoms with Gasteiger partial charge in [0.25, 0.3) is 0 Å². The van der Waals surface area contributed by atoms with Crippen LogP contribution in [0, 0.1) is 0 Å². The molecule has 0 saturated carbocycles. The molecular formula is C12H17N5. The average molecular weight is 231 g/mol. The minimum absolute atomic E-state index is 0.383. The summed E-state index contributed by atoms with van der Waals surface area (Å²) in [6, 6.07) is 0.383. The second kappa shape index (κ2) is 4.86. The van der Waals surface area contributed by atoms with Crippen LogP contribution in [0.15, 0.2) is 31.4 Å². The number of aromatic nitrogens is 4. The van der Waals surface area contributed by atoms with Crippen molar-refractivity contribution in [3.8, 4) is 0 Å². The van der Waals surface area contributed by atoms with Gasteiger partial charge in [-0.3, -0.25) is 4.68 Å². The second-order valence-electron chi connectivity index (χ2n) is 4.17. The zero-order chi connectivity index (χ0) is 12.3. The van der Waals surface area contributed by atoms with Crippen molar-refractivity contribution in [3.05, 3.63) is 36.9 Å². The number of nitrogens with one attached hydrogen (secondary N) is 1. The Morgan fingerprint density at radius 1 is 1.35 bits per heavy atom. The maximum absolute atomic E-state index is 4.27. The van der Waals surface area contributed by atoms with Crippen LogP contribution >= 0.6 is 0 Å². The molecule has 2 aromatic rings. The predicted octanol–water partition coefficient (Wildman–Crippen LogP) is 2.37. The summed E-state index contributed by atoms with van der Waals surface area (Å²) in [5.41, 5.74) is 2.13. The van der Waals surface area contributed by atoms with Gasteiger partial charge in [0.15, 0.2) is 0 Å². The molecule has 2 rings (SSSR count). The first-order valence-electron chi connectivity index (χ1n) is 5.62. The Bertz CT molecular complexity index is 494. The van der Waals surface area contributed by atoms with Crippen LogP contribution in [0.5, 0.6) is 0 Å². The minimum Gasteiger partial charge on any atom is -0.378 e. The molecule has 17 heavy (non-hydrogen) atoms. The van der Waals surface area contributed by atoms with Gasteiger partial charge in [-0.2, -0.15) is 10.2 Å². The van der Waals surface area contributed by atoms with Crippen LogP contribution in [0.25, 0.3) is 6.20 Å². The standard InChI is InChI=1S/C12H17N5/c1-4-16-8-11(6-14-16)5-13-12-7-15-17(9-12)10(2)3/h4,6-10,13H,1,5H2,2-3H3. The van der Waals surface area contributed by atoms with Crippen LogP contribution < -0.4 is 5.32 Å². The van der Waals surface area contributed by atoms with Crippen LogP contribution in [0.3, 0.4) is 0 Å². The Morgan fingerprint density at radius 2 is 2.18 bits per heavy atom. The van der Waals surface area contributed by atoms with Gasteiger partial charge in [0.2, 0.25) is 0 Å². The normalized spacial score (nSPS) is 10.8. The van der Waals surface area contributed by atoms with Gasteiger partial charge >= 0.3 is 0 Å². The first-order chi connectivity index (χ1) is 8.19. The van der Waals surface area contributed by atoms with E-state index in [1.807, 2.05) is 29.5 Å². The summed E-state index contributed by atoms with van der Waals surface area (Å²) >= 11 is 0. The van der Waals surface area contributed by atoms with E-state index in [-0.39, 0.29) is 0 Å². The lowest BCUT2D eigenvalue weighted by atomic mass is 10.3. The van der Waals surface area contributed by atoms with Gasteiger partial charge in [-0.1, -0.05) is 6.58 Å². The smallest absolute Gasteiger partial charge is 0.0729 e. The molecule has 0 aliphatic heterocycles. The summed E-state index contributed by atoms with van der Waals surface area (Å²) in [7, 11) is 0. The summed E-state index contributed by atoms with van der Waals surface area (Å²) in [6.45, 7) is 8.59. The predicted molar refractivity (Wildman–Crippen MR) is 68.6 cm³/mol. The summed E-state index contributed by atoms with van der Waals surface area (Å²) in [5, 5.41) is 11.7. The summed E-state index contributed by atoms with van der Waals surface area (Å²) in [4.78, 5) is 0. The highest BCUT2D eigenvalue weighted by molar-refractivity contribution is 5.39. The fourth-order valence-electron chi connectivity index (χ4n) is 1.48. The van der Waals surface area contributed by atoms with Crippen molar-refractivity contribution in [3.63, 3.8) is 0 Å². The average Bonchev–Trinajstić information content (AvgIpc) is 2.95. The van der Waals surface area contributed by atoms with E-state index in [2.05, 4.69) is 35.9 Å². The fraction of sp³-hybridized carbons (Fsp3) is 0.333. The molecule has 0 aromatic carbocycles. The van der Waals surface area contributed by atoms with Crippen LogP contribution in [0.2, 0.25) is 0 Å². The lowest BCUT2D eigenvalue weighted by molar-refractivity contribution is 0.532. The van der Waals surface area contributed by atoms with Gasteiger partial charge in [-0.15, -0.1) is 0 Å². The number of rotatable bonds is 5. The van der Waals surface area contributed by atoms with Crippen LogP contribution in [-0.4, -0.2) is 19.6 Å². The fourth-order valence-corrected chi connectivity index (χ4v) is 1.48. The van der Waals surface area contributed by atoms with E-state index in [9.17, 15) is 0 Å². The Morgan fingerprint density at radius 3 is 2.76 bits per heavy atom. The molecule has 0 atom stereocenters. The van der Waals surface area contributed by atoms with Crippen LogP contribution in [0.1, 0.15) is 25.5 Å². The van der Waals surface area contributed by atoms with Crippen molar-refractivity contribution in [2.75, 3.05) is 5.32 Å². The topological polar surface area (TPSA) is 47.7 Å². The highest BCUT2D eigenvalue weighted by Crippen LogP contribution is 2.11. The Balaban J connectivity index is 1.94. The van der Waals surface area contributed by atoms with Crippen molar-refractivity contribution >= 4 is 11.9 Å². The van der Waals surface area contributed by atoms with E-state index in [1.54, 1.807) is 10.9 Å². The zero-order valence-electron chi connectivity index (χ0n) is 10.2. The first-order valence-corrected chi connectivity index (χ1v) is 5.62. The molecule has 2 heterocycles. The monoisotopic (exact) mass is 231 g/mol. The molecule has 0 bridgehead atoms. The molecule has 5 nitrogen and oxygen atoms in total. The third-order valence-electron chi connectivity index (χ3n) is 2.47.